The normalized spacial score (nSPS) is 18.4. The molecule has 1 aromatic carbocycles. The van der Waals surface area contributed by atoms with Gasteiger partial charge in [0.2, 0.25) is 12.3 Å². The van der Waals surface area contributed by atoms with Crippen molar-refractivity contribution in [3.8, 4) is 0 Å². The number of nitrogens with zero attached hydrogens (tertiary/aromatic N) is 3. The second kappa shape index (κ2) is 7.13. The van der Waals surface area contributed by atoms with Crippen LogP contribution in [0.3, 0.4) is 0 Å². The topological polar surface area (TPSA) is 68.5 Å². The van der Waals surface area contributed by atoms with Crippen LogP contribution in [-0.2, 0) is 9.53 Å². The second-order valence-electron chi connectivity index (χ2n) is 4.69. The third-order valence-electron chi connectivity index (χ3n) is 3.31. The minimum absolute atomic E-state index is 0.00280. The van der Waals surface area contributed by atoms with Crippen molar-refractivity contribution in [2.45, 2.75) is 10.9 Å². The van der Waals surface area contributed by atoms with Crippen LogP contribution in [0.1, 0.15) is 11.9 Å². The molecule has 22 heavy (non-hydrogen) atoms. The molecule has 0 bridgehead atoms. The van der Waals surface area contributed by atoms with Crippen LogP contribution in [0.4, 0.5) is 0 Å². The maximum atomic E-state index is 12.5. The van der Waals surface area contributed by atoms with Gasteiger partial charge < -0.3 is 14.2 Å². The molecule has 1 aromatic heterocycles. The zero-order valence-electron chi connectivity index (χ0n) is 11.6. The largest absolute Gasteiger partial charge is 0.377 e. The van der Waals surface area contributed by atoms with E-state index in [-0.39, 0.29) is 11.9 Å². The average molecular weight is 340 g/mol. The number of hydrogen-bond donors (Lipinski definition) is 0. The number of halogens is 1. The fourth-order valence-corrected chi connectivity index (χ4v) is 3.35. The van der Waals surface area contributed by atoms with Gasteiger partial charge in [0.25, 0.3) is 0 Å². The van der Waals surface area contributed by atoms with Gasteiger partial charge in [-0.15, -0.1) is 11.8 Å². The van der Waals surface area contributed by atoms with E-state index in [0.29, 0.717) is 36.4 Å². The molecule has 2 aromatic rings. The van der Waals surface area contributed by atoms with Crippen molar-refractivity contribution in [2.75, 3.05) is 25.5 Å². The SMILES string of the molecule is O=C(CSc1ccccc1Cl)N1CCOCC1c1ncon1. The van der Waals surface area contributed by atoms with Crippen molar-refractivity contribution in [3.05, 3.63) is 41.5 Å². The Morgan fingerprint density at radius 2 is 2.32 bits per heavy atom. The van der Waals surface area contributed by atoms with Crippen molar-refractivity contribution in [3.63, 3.8) is 0 Å². The van der Waals surface area contributed by atoms with Gasteiger partial charge in [-0.2, -0.15) is 4.98 Å². The molecule has 2 heterocycles. The Labute approximate surface area is 136 Å². The molecule has 0 radical (unpaired) electrons. The maximum absolute atomic E-state index is 12.5. The molecular formula is C14H14ClN3O3S. The first-order valence-electron chi connectivity index (χ1n) is 6.76. The Morgan fingerprint density at radius 3 is 3.09 bits per heavy atom. The second-order valence-corrected chi connectivity index (χ2v) is 6.11. The summed E-state index contributed by atoms with van der Waals surface area (Å²) in [5, 5.41) is 4.47. The van der Waals surface area contributed by atoms with Crippen LogP contribution in [0.5, 0.6) is 0 Å². The fourth-order valence-electron chi connectivity index (χ4n) is 2.23. The highest BCUT2D eigenvalue weighted by atomic mass is 35.5. The van der Waals surface area contributed by atoms with E-state index >= 15 is 0 Å². The summed E-state index contributed by atoms with van der Waals surface area (Å²) < 4.78 is 10.2. The quantitative estimate of drug-likeness (QED) is 0.797. The van der Waals surface area contributed by atoms with Crippen molar-refractivity contribution in [2.24, 2.45) is 0 Å². The predicted molar refractivity (Wildman–Crippen MR) is 81.7 cm³/mol. The number of amides is 1. The van der Waals surface area contributed by atoms with E-state index in [1.807, 2.05) is 24.3 Å². The molecule has 6 nitrogen and oxygen atoms in total. The number of morpholine rings is 1. The lowest BCUT2D eigenvalue weighted by atomic mass is 10.2. The summed E-state index contributed by atoms with van der Waals surface area (Å²) in [7, 11) is 0. The molecule has 1 saturated heterocycles. The molecule has 1 aliphatic rings. The summed E-state index contributed by atoms with van der Waals surface area (Å²) in [5.41, 5.74) is 0. The number of hydrogen-bond acceptors (Lipinski definition) is 6. The Kier molecular flexibility index (Phi) is 4.97. The zero-order chi connectivity index (χ0) is 15.4. The van der Waals surface area contributed by atoms with Gasteiger partial charge in [-0.3, -0.25) is 4.79 Å². The van der Waals surface area contributed by atoms with Gasteiger partial charge in [0, 0.05) is 11.4 Å². The smallest absolute Gasteiger partial charge is 0.233 e. The Morgan fingerprint density at radius 1 is 1.45 bits per heavy atom. The van der Waals surface area contributed by atoms with Crippen molar-refractivity contribution >= 4 is 29.3 Å². The number of ether oxygens (including phenoxy) is 1. The van der Waals surface area contributed by atoms with Gasteiger partial charge in [-0.1, -0.05) is 28.9 Å². The molecule has 116 valence electrons. The molecule has 0 spiro atoms. The van der Waals surface area contributed by atoms with E-state index in [1.165, 1.54) is 18.2 Å². The van der Waals surface area contributed by atoms with Crippen LogP contribution in [0.25, 0.3) is 0 Å². The summed E-state index contributed by atoms with van der Waals surface area (Å²) in [4.78, 5) is 19.2. The summed E-state index contributed by atoms with van der Waals surface area (Å²) in [6.45, 7) is 1.40. The number of carbonyl (C=O) groups excluding carboxylic acids is 1. The number of benzene rings is 1. The van der Waals surface area contributed by atoms with Crippen LogP contribution in [0, 0.1) is 0 Å². The molecule has 8 heteroatoms. The van der Waals surface area contributed by atoms with Crippen LogP contribution < -0.4 is 0 Å². The monoisotopic (exact) mass is 339 g/mol. The lowest BCUT2D eigenvalue weighted by Gasteiger charge is -2.33. The summed E-state index contributed by atoms with van der Waals surface area (Å²) >= 11 is 7.53. The van der Waals surface area contributed by atoms with Gasteiger partial charge in [-0.25, -0.2) is 0 Å². The first-order valence-corrected chi connectivity index (χ1v) is 8.13. The molecule has 1 atom stereocenters. The highest BCUT2D eigenvalue weighted by Crippen LogP contribution is 2.28. The molecule has 0 aliphatic carbocycles. The average Bonchev–Trinajstić information content (AvgIpc) is 3.08. The summed E-state index contributed by atoms with van der Waals surface area (Å²) in [6.07, 6.45) is 1.26. The van der Waals surface area contributed by atoms with Crippen LogP contribution in [0.2, 0.25) is 5.02 Å². The number of aromatic nitrogens is 2. The third-order valence-corrected chi connectivity index (χ3v) is 4.81. The molecule has 1 amide bonds. The van der Waals surface area contributed by atoms with Crippen LogP contribution in [0.15, 0.2) is 40.1 Å². The minimum atomic E-state index is -0.299. The number of rotatable bonds is 4. The number of carbonyl (C=O) groups is 1. The van der Waals surface area contributed by atoms with Gasteiger partial charge >= 0.3 is 0 Å². The van der Waals surface area contributed by atoms with E-state index in [2.05, 4.69) is 10.1 Å². The lowest BCUT2D eigenvalue weighted by Crippen LogP contribution is -2.44. The molecule has 1 aliphatic heterocycles. The van der Waals surface area contributed by atoms with Crippen molar-refractivity contribution in [1.29, 1.82) is 0 Å². The first kappa shape index (κ1) is 15.3. The maximum Gasteiger partial charge on any atom is 0.233 e. The van der Waals surface area contributed by atoms with E-state index in [1.54, 1.807) is 4.90 Å². The fraction of sp³-hybridized carbons (Fsp3) is 0.357. The lowest BCUT2D eigenvalue weighted by molar-refractivity contribution is -0.137. The van der Waals surface area contributed by atoms with Crippen molar-refractivity contribution in [1.82, 2.24) is 15.0 Å². The van der Waals surface area contributed by atoms with E-state index in [9.17, 15) is 4.79 Å². The standard InChI is InChI=1S/C14H14ClN3O3S/c15-10-3-1-2-4-12(10)22-8-13(19)18-5-6-20-7-11(18)14-16-9-21-17-14/h1-4,9,11H,5-8H2. The third kappa shape index (κ3) is 3.43. The Hall–Kier alpha value is -1.57. The molecular weight excluding hydrogens is 326 g/mol. The van der Waals surface area contributed by atoms with Crippen molar-refractivity contribution < 1.29 is 14.1 Å². The van der Waals surface area contributed by atoms with Gasteiger partial charge in [0.15, 0.2) is 5.82 Å². The van der Waals surface area contributed by atoms with Crippen LogP contribution >= 0.6 is 23.4 Å². The highest BCUT2D eigenvalue weighted by molar-refractivity contribution is 8.00. The summed E-state index contributed by atoms with van der Waals surface area (Å²) in [6, 6.07) is 7.17. The van der Waals surface area contributed by atoms with Gasteiger partial charge in [-0.05, 0) is 12.1 Å². The van der Waals surface area contributed by atoms with E-state index < -0.39 is 0 Å². The van der Waals surface area contributed by atoms with Gasteiger partial charge in [0.1, 0.15) is 6.04 Å². The highest BCUT2D eigenvalue weighted by Gasteiger charge is 2.31. The summed E-state index contributed by atoms with van der Waals surface area (Å²) in [5.74, 6) is 0.775. The van der Waals surface area contributed by atoms with Gasteiger partial charge in [0.05, 0.1) is 24.0 Å². The van der Waals surface area contributed by atoms with Crippen LogP contribution in [-0.4, -0.2) is 46.5 Å². The predicted octanol–water partition coefficient (Wildman–Crippen LogP) is 2.42. The van der Waals surface area contributed by atoms with E-state index in [0.717, 1.165) is 4.90 Å². The Balaban J connectivity index is 1.66. The molecule has 0 N–H and O–H groups in total. The first-order chi connectivity index (χ1) is 10.8. The molecule has 1 fully saturated rings. The molecule has 3 rings (SSSR count). The molecule has 0 saturated carbocycles. The Bertz CT molecular complexity index is 638. The zero-order valence-corrected chi connectivity index (χ0v) is 13.2. The van der Waals surface area contributed by atoms with E-state index in [4.69, 9.17) is 20.9 Å². The molecule has 1 unspecified atom stereocenters. The number of thioether (sulfide) groups is 1. The minimum Gasteiger partial charge on any atom is -0.377 e.